The average molecular weight is 364 g/mol. The Morgan fingerprint density at radius 2 is 1.85 bits per heavy atom. The molecule has 27 heavy (non-hydrogen) atoms. The van der Waals surface area contributed by atoms with Crippen molar-refractivity contribution >= 4 is 23.3 Å². The lowest BCUT2D eigenvalue weighted by Crippen LogP contribution is -2.31. The van der Waals surface area contributed by atoms with Crippen LogP contribution in [-0.2, 0) is 0 Å². The van der Waals surface area contributed by atoms with Gasteiger partial charge in [-0.2, -0.15) is 0 Å². The number of hydrogen-bond acceptors (Lipinski definition) is 4. The molecule has 1 heterocycles. The SMILES string of the molecule is C[C@@H](NC(=O)Nc1cccc(C(=O)N(C)c2ccccc2)c1)c1ccon1. The molecule has 3 amide bonds. The standard InChI is InChI=1S/C20H20N4O3/c1-14(18-11-12-27-23-18)21-20(26)22-16-8-6-7-15(13-16)19(25)24(2)17-9-4-3-5-10-17/h3-14H,1-2H3,(H2,21,22,26)/t14-/m1/s1. The smallest absolute Gasteiger partial charge is 0.319 e. The van der Waals surface area contributed by atoms with Crippen LogP contribution in [-0.4, -0.2) is 24.1 Å². The van der Waals surface area contributed by atoms with Crippen LogP contribution in [0.1, 0.15) is 29.0 Å². The molecule has 0 aliphatic carbocycles. The molecule has 2 N–H and O–H groups in total. The summed E-state index contributed by atoms with van der Waals surface area (Å²) in [5, 5.41) is 9.28. The number of nitrogens with one attached hydrogen (secondary N) is 2. The Kier molecular flexibility index (Phi) is 5.51. The summed E-state index contributed by atoms with van der Waals surface area (Å²) in [7, 11) is 1.71. The van der Waals surface area contributed by atoms with Gasteiger partial charge in [0.25, 0.3) is 5.91 Å². The third-order valence-corrected chi connectivity index (χ3v) is 4.06. The first-order chi connectivity index (χ1) is 13.0. The Morgan fingerprint density at radius 1 is 1.07 bits per heavy atom. The van der Waals surface area contributed by atoms with E-state index in [4.69, 9.17) is 4.52 Å². The molecular formula is C20H20N4O3. The van der Waals surface area contributed by atoms with Gasteiger partial charge in [-0.15, -0.1) is 0 Å². The molecule has 1 aromatic heterocycles. The highest BCUT2D eigenvalue weighted by atomic mass is 16.5. The van der Waals surface area contributed by atoms with Crippen molar-refractivity contribution in [2.45, 2.75) is 13.0 Å². The summed E-state index contributed by atoms with van der Waals surface area (Å²) in [5.74, 6) is -0.166. The quantitative estimate of drug-likeness (QED) is 0.720. The van der Waals surface area contributed by atoms with Crippen LogP contribution in [0.5, 0.6) is 0 Å². The summed E-state index contributed by atoms with van der Waals surface area (Å²) in [6, 6.07) is 17.1. The van der Waals surface area contributed by atoms with Crippen LogP contribution < -0.4 is 15.5 Å². The molecular weight excluding hydrogens is 344 g/mol. The van der Waals surface area contributed by atoms with Crippen molar-refractivity contribution in [2.75, 3.05) is 17.3 Å². The van der Waals surface area contributed by atoms with E-state index in [0.29, 0.717) is 16.9 Å². The third kappa shape index (κ3) is 4.52. The maximum atomic E-state index is 12.7. The van der Waals surface area contributed by atoms with Crippen LogP contribution in [0.4, 0.5) is 16.2 Å². The summed E-state index contributed by atoms with van der Waals surface area (Å²) in [6.45, 7) is 1.80. The predicted octanol–water partition coefficient (Wildman–Crippen LogP) is 3.83. The zero-order chi connectivity index (χ0) is 19.2. The molecule has 7 nitrogen and oxygen atoms in total. The van der Waals surface area contributed by atoms with Crippen molar-refractivity contribution in [3.8, 4) is 0 Å². The van der Waals surface area contributed by atoms with Gasteiger partial charge >= 0.3 is 6.03 Å². The number of benzene rings is 2. The molecule has 0 aliphatic heterocycles. The molecule has 0 radical (unpaired) electrons. The molecule has 0 unspecified atom stereocenters. The number of aromatic nitrogens is 1. The lowest BCUT2D eigenvalue weighted by atomic mass is 10.1. The lowest BCUT2D eigenvalue weighted by Gasteiger charge is -2.18. The summed E-state index contributed by atoms with van der Waals surface area (Å²) in [4.78, 5) is 26.4. The van der Waals surface area contributed by atoms with E-state index in [-0.39, 0.29) is 11.9 Å². The minimum absolute atomic E-state index is 0.166. The second kappa shape index (κ2) is 8.18. The van der Waals surface area contributed by atoms with Crippen LogP contribution in [0, 0.1) is 0 Å². The number of urea groups is 1. The van der Waals surface area contributed by atoms with Gasteiger partial charge in [0, 0.05) is 30.1 Å². The second-order valence-electron chi connectivity index (χ2n) is 6.02. The van der Waals surface area contributed by atoms with E-state index in [1.54, 1.807) is 49.2 Å². The molecule has 3 rings (SSSR count). The topological polar surface area (TPSA) is 87.5 Å². The van der Waals surface area contributed by atoms with Crippen LogP contribution in [0.2, 0.25) is 0 Å². The third-order valence-electron chi connectivity index (χ3n) is 4.06. The highest BCUT2D eigenvalue weighted by Gasteiger charge is 2.15. The van der Waals surface area contributed by atoms with E-state index in [9.17, 15) is 9.59 Å². The van der Waals surface area contributed by atoms with Crippen molar-refractivity contribution in [1.29, 1.82) is 0 Å². The fourth-order valence-corrected chi connectivity index (χ4v) is 2.58. The predicted molar refractivity (Wildman–Crippen MR) is 103 cm³/mol. The highest BCUT2D eigenvalue weighted by Crippen LogP contribution is 2.17. The van der Waals surface area contributed by atoms with Gasteiger partial charge in [0.05, 0.1) is 6.04 Å². The first kappa shape index (κ1) is 18.2. The van der Waals surface area contributed by atoms with Crippen molar-refractivity contribution in [2.24, 2.45) is 0 Å². The zero-order valence-corrected chi connectivity index (χ0v) is 15.0. The normalized spacial score (nSPS) is 11.5. The first-order valence-electron chi connectivity index (χ1n) is 8.45. The Labute approximate surface area is 157 Å². The monoisotopic (exact) mass is 364 g/mol. The second-order valence-corrected chi connectivity index (χ2v) is 6.02. The lowest BCUT2D eigenvalue weighted by molar-refractivity contribution is 0.0993. The Morgan fingerprint density at radius 3 is 2.56 bits per heavy atom. The molecule has 0 bridgehead atoms. The first-order valence-corrected chi connectivity index (χ1v) is 8.45. The zero-order valence-electron chi connectivity index (χ0n) is 15.0. The molecule has 0 saturated heterocycles. The molecule has 138 valence electrons. The number of rotatable bonds is 5. The molecule has 0 fully saturated rings. The van der Waals surface area contributed by atoms with Gasteiger partial charge in [-0.25, -0.2) is 4.79 Å². The van der Waals surface area contributed by atoms with E-state index >= 15 is 0 Å². The number of nitrogens with zero attached hydrogens (tertiary/aromatic N) is 2. The number of carbonyl (C=O) groups is 2. The van der Waals surface area contributed by atoms with Crippen LogP contribution in [0.15, 0.2) is 71.4 Å². The fraction of sp³-hybridized carbons (Fsp3) is 0.150. The average Bonchev–Trinajstić information content (AvgIpc) is 3.22. The van der Waals surface area contributed by atoms with E-state index in [1.165, 1.54) is 6.26 Å². The van der Waals surface area contributed by atoms with Gasteiger partial charge < -0.3 is 20.1 Å². The molecule has 0 spiro atoms. The number of anilines is 2. The van der Waals surface area contributed by atoms with Gasteiger partial charge in [-0.1, -0.05) is 29.4 Å². The largest absolute Gasteiger partial charge is 0.364 e. The van der Waals surface area contributed by atoms with Gasteiger partial charge in [0.2, 0.25) is 0 Å². The van der Waals surface area contributed by atoms with Crippen LogP contribution in [0.3, 0.4) is 0 Å². The van der Waals surface area contributed by atoms with Crippen molar-refractivity contribution in [1.82, 2.24) is 10.5 Å². The fourth-order valence-electron chi connectivity index (χ4n) is 2.58. The summed E-state index contributed by atoms with van der Waals surface area (Å²) >= 11 is 0. The maximum absolute atomic E-state index is 12.7. The molecule has 2 aromatic carbocycles. The van der Waals surface area contributed by atoms with Gasteiger partial charge in [-0.3, -0.25) is 4.79 Å². The number of hydrogen-bond donors (Lipinski definition) is 2. The Hall–Kier alpha value is -3.61. The molecule has 0 aliphatic rings. The number of amides is 3. The molecule has 1 atom stereocenters. The van der Waals surface area contributed by atoms with Crippen molar-refractivity contribution in [3.63, 3.8) is 0 Å². The van der Waals surface area contributed by atoms with E-state index in [0.717, 1.165) is 5.69 Å². The Bertz CT molecular complexity index is 910. The van der Waals surface area contributed by atoms with Crippen LogP contribution in [0.25, 0.3) is 0 Å². The van der Waals surface area contributed by atoms with Crippen LogP contribution >= 0.6 is 0 Å². The number of carbonyl (C=O) groups excluding carboxylic acids is 2. The van der Waals surface area contributed by atoms with Crippen molar-refractivity contribution < 1.29 is 14.1 Å². The van der Waals surface area contributed by atoms with E-state index in [2.05, 4.69) is 15.8 Å². The molecule has 0 saturated carbocycles. The van der Waals surface area contributed by atoms with Crippen molar-refractivity contribution in [3.05, 3.63) is 78.2 Å². The minimum atomic E-state index is -0.397. The summed E-state index contributed by atoms with van der Waals surface area (Å²) in [5.41, 5.74) is 2.41. The summed E-state index contributed by atoms with van der Waals surface area (Å²) < 4.78 is 4.77. The molecule has 3 aromatic rings. The Balaban J connectivity index is 1.66. The van der Waals surface area contributed by atoms with Gasteiger partial charge in [0.15, 0.2) is 0 Å². The van der Waals surface area contributed by atoms with E-state index < -0.39 is 6.03 Å². The highest BCUT2D eigenvalue weighted by molar-refractivity contribution is 6.06. The van der Waals surface area contributed by atoms with Gasteiger partial charge in [0.1, 0.15) is 12.0 Å². The number of para-hydroxylation sites is 1. The summed E-state index contributed by atoms with van der Waals surface area (Å²) in [6.07, 6.45) is 1.45. The maximum Gasteiger partial charge on any atom is 0.319 e. The molecule has 7 heteroatoms. The van der Waals surface area contributed by atoms with Gasteiger partial charge in [-0.05, 0) is 37.3 Å². The minimum Gasteiger partial charge on any atom is -0.364 e. The van der Waals surface area contributed by atoms with E-state index in [1.807, 2.05) is 30.3 Å².